The normalized spacial score (nSPS) is 35.1. The summed E-state index contributed by atoms with van der Waals surface area (Å²) in [4.78, 5) is 11.5. The van der Waals surface area contributed by atoms with Crippen molar-refractivity contribution in [3.63, 3.8) is 0 Å². The van der Waals surface area contributed by atoms with E-state index < -0.39 is 33.5 Å². The minimum absolute atomic E-state index is 0.189. The lowest BCUT2D eigenvalue weighted by molar-refractivity contribution is -0.141. The summed E-state index contributed by atoms with van der Waals surface area (Å²) < 4.78 is 39.8. The Balaban J connectivity index is 2.21. The van der Waals surface area contributed by atoms with Gasteiger partial charge in [-0.25, -0.2) is 0 Å². The molecule has 1 heterocycles. The number of carbonyl (C=O) groups excluding carboxylic acids is 1. The van der Waals surface area contributed by atoms with E-state index in [1.54, 1.807) is 0 Å². The zero-order valence-corrected chi connectivity index (χ0v) is 12.3. The summed E-state index contributed by atoms with van der Waals surface area (Å²) in [5.41, 5.74) is -0.293. The number of esters is 1. The number of rotatable bonds is 2. The second-order valence-corrected chi connectivity index (χ2v) is 8.15. The van der Waals surface area contributed by atoms with Crippen LogP contribution in [0, 0.1) is 10.8 Å². The highest BCUT2D eigenvalue weighted by Gasteiger charge is 2.51. The Morgan fingerprint density at radius 3 is 2.58 bits per heavy atom. The van der Waals surface area contributed by atoms with Crippen molar-refractivity contribution in [1.29, 1.82) is 0 Å². The number of ether oxygens (including phenoxy) is 1. The van der Waals surface area contributed by atoms with E-state index in [0.717, 1.165) is 32.1 Å². The first-order valence-electron chi connectivity index (χ1n) is 6.74. The quantitative estimate of drug-likeness (QED) is 0.580. The van der Waals surface area contributed by atoms with Gasteiger partial charge in [-0.2, -0.15) is 8.42 Å². The number of hydrogen-bond donors (Lipinski definition) is 0. The number of carbonyl (C=O) groups is 1. The molecule has 2 aliphatic rings. The molecule has 2 atom stereocenters. The summed E-state index contributed by atoms with van der Waals surface area (Å²) in [6.07, 6.45) is 3.75. The van der Waals surface area contributed by atoms with E-state index in [-0.39, 0.29) is 11.8 Å². The third-order valence-corrected chi connectivity index (χ3v) is 5.33. The highest BCUT2D eigenvalue weighted by atomic mass is 32.3. The van der Waals surface area contributed by atoms with E-state index in [1.165, 1.54) is 0 Å². The summed E-state index contributed by atoms with van der Waals surface area (Å²) in [7, 11) is -4.62. The first kappa shape index (κ1) is 14.8. The predicted octanol–water partition coefficient (Wildman–Crippen LogP) is 2.58. The highest BCUT2D eigenvalue weighted by molar-refractivity contribution is 7.86. The van der Waals surface area contributed by atoms with Gasteiger partial charge in [-0.05, 0) is 31.1 Å². The van der Waals surface area contributed by atoms with Crippen LogP contribution >= 0.6 is 0 Å². The SMILES string of the molecule is CC1(C)CCCC2(CC1)CC(=O)OC2CS(=O)(=O)F. The van der Waals surface area contributed by atoms with Crippen LogP contribution in [-0.4, -0.2) is 26.2 Å². The molecule has 0 aromatic rings. The third-order valence-electron chi connectivity index (χ3n) is 4.63. The van der Waals surface area contributed by atoms with Gasteiger partial charge in [-0.1, -0.05) is 20.3 Å². The second-order valence-electron chi connectivity index (χ2n) is 6.74. The first-order valence-corrected chi connectivity index (χ1v) is 8.29. The molecule has 6 heteroatoms. The summed E-state index contributed by atoms with van der Waals surface area (Å²) in [6.45, 7) is 4.34. The molecule has 2 fully saturated rings. The van der Waals surface area contributed by atoms with Crippen LogP contribution in [0.1, 0.15) is 52.4 Å². The number of cyclic esters (lactones) is 1. The van der Waals surface area contributed by atoms with E-state index in [2.05, 4.69) is 13.8 Å². The van der Waals surface area contributed by atoms with Crippen molar-refractivity contribution >= 4 is 16.2 Å². The fraction of sp³-hybridized carbons (Fsp3) is 0.923. The lowest BCUT2D eigenvalue weighted by atomic mass is 9.74. The van der Waals surface area contributed by atoms with Crippen molar-refractivity contribution in [1.82, 2.24) is 0 Å². The van der Waals surface area contributed by atoms with Crippen molar-refractivity contribution in [2.75, 3.05) is 5.75 Å². The van der Waals surface area contributed by atoms with Crippen molar-refractivity contribution in [3.8, 4) is 0 Å². The van der Waals surface area contributed by atoms with Gasteiger partial charge in [0.25, 0.3) is 0 Å². The van der Waals surface area contributed by atoms with Gasteiger partial charge in [-0.15, -0.1) is 3.89 Å². The van der Waals surface area contributed by atoms with Crippen LogP contribution in [-0.2, 0) is 19.8 Å². The summed E-state index contributed by atoms with van der Waals surface area (Å²) in [5, 5.41) is 0. The lowest BCUT2D eigenvalue weighted by Crippen LogP contribution is -2.35. The molecule has 0 radical (unpaired) electrons. The molecule has 0 bridgehead atoms. The smallest absolute Gasteiger partial charge is 0.306 e. The molecule has 2 rings (SSSR count). The fourth-order valence-corrected chi connectivity index (χ4v) is 4.16. The van der Waals surface area contributed by atoms with Gasteiger partial charge in [0.15, 0.2) is 0 Å². The molecular weight excluding hydrogens is 271 g/mol. The van der Waals surface area contributed by atoms with Crippen LogP contribution in [0.25, 0.3) is 0 Å². The molecule has 2 unspecified atom stereocenters. The Morgan fingerprint density at radius 2 is 1.95 bits per heavy atom. The maximum atomic E-state index is 12.9. The molecular formula is C13H21FO4S. The molecule has 1 aliphatic carbocycles. The van der Waals surface area contributed by atoms with E-state index in [1.807, 2.05) is 0 Å². The lowest BCUT2D eigenvalue weighted by Gasteiger charge is -2.31. The van der Waals surface area contributed by atoms with Gasteiger partial charge in [0, 0.05) is 5.41 Å². The number of hydrogen-bond acceptors (Lipinski definition) is 4. The highest BCUT2D eigenvalue weighted by Crippen LogP contribution is 2.50. The molecule has 110 valence electrons. The molecule has 0 amide bonds. The first-order chi connectivity index (χ1) is 8.62. The van der Waals surface area contributed by atoms with Crippen LogP contribution in [0.15, 0.2) is 0 Å². The molecule has 0 aromatic heterocycles. The monoisotopic (exact) mass is 292 g/mol. The predicted molar refractivity (Wildman–Crippen MR) is 68.7 cm³/mol. The Morgan fingerprint density at radius 1 is 1.26 bits per heavy atom. The Bertz CT molecular complexity index is 471. The molecule has 0 N–H and O–H groups in total. The number of halogens is 1. The molecule has 1 aliphatic heterocycles. The summed E-state index contributed by atoms with van der Waals surface area (Å²) in [6, 6.07) is 0. The maximum Gasteiger partial charge on any atom is 0.306 e. The topological polar surface area (TPSA) is 60.4 Å². The van der Waals surface area contributed by atoms with Crippen molar-refractivity contribution in [3.05, 3.63) is 0 Å². The maximum absolute atomic E-state index is 12.9. The minimum Gasteiger partial charge on any atom is -0.461 e. The van der Waals surface area contributed by atoms with Crippen LogP contribution in [0.3, 0.4) is 0 Å². The van der Waals surface area contributed by atoms with E-state index >= 15 is 0 Å². The fourth-order valence-electron chi connectivity index (χ4n) is 3.37. The van der Waals surface area contributed by atoms with Crippen molar-refractivity contribution in [2.24, 2.45) is 10.8 Å². The molecule has 19 heavy (non-hydrogen) atoms. The van der Waals surface area contributed by atoms with Gasteiger partial charge in [0.1, 0.15) is 11.9 Å². The van der Waals surface area contributed by atoms with Gasteiger partial charge in [0.05, 0.1) is 6.42 Å². The Labute approximate surface area is 113 Å². The molecule has 1 saturated heterocycles. The molecule has 1 saturated carbocycles. The molecule has 0 aromatic carbocycles. The summed E-state index contributed by atoms with van der Waals surface area (Å²) >= 11 is 0. The largest absolute Gasteiger partial charge is 0.461 e. The van der Waals surface area contributed by atoms with Gasteiger partial charge in [-0.3, -0.25) is 4.79 Å². The minimum atomic E-state index is -4.62. The summed E-state index contributed by atoms with van der Waals surface area (Å²) in [5.74, 6) is -1.09. The average Bonchev–Trinajstić information content (AvgIpc) is 2.40. The van der Waals surface area contributed by atoms with E-state index in [0.29, 0.717) is 0 Å². The zero-order valence-electron chi connectivity index (χ0n) is 11.4. The van der Waals surface area contributed by atoms with Gasteiger partial charge < -0.3 is 4.74 Å². The van der Waals surface area contributed by atoms with Crippen LogP contribution in [0.2, 0.25) is 0 Å². The Hall–Kier alpha value is -0.650. The average molecular weight is 292 g/mol. The van der Waals surface area contributed by atoms with Crippen molar-refractivity contribution < 1.29 is 21.8 Å². The molecule has 1 spiro atoms. The second kappa shape index (κ2) is 4.72. The van der Waals surface area contributed by atoms with Crippen LogP contribution in [0.4, 0.5) is 3.89 Å². The Kier molecular flexibility index (Phi) is 3.66. The zero-order chi connectivity index (χ0) is 14.3. The van der Waals surface area contributed by atoms with Crippen LogP contribution in [0.5, 0.6) is 0 Å². The van der Waals surface area contributed by atoms with Crippen molar-refractivity contribution in [2.45, 2.75) is 58.5 Å². The van der Waals surface area contributed by atoms with E-state index in [4.69, 9.17) is 4.74 Å². The van der Waals surface area contributed by atoms with Crippen LogP contribution < -0.4 is 0 Å². The molecule has 4 nitrogen and oxygen atoms in total. The third kappa shape index (κ3) is 3.46. The van der Waals surface area contributed by atoms with Gasteiger partial charge in [0.2, 0.25) is 0 Å². The standard InChI is InChI=1S/C13H21FO4S/c1-12(2)4-3-5-13(7-6-12)8-11(15)18-10(13)9-19(14,16)17/h10H,3-9H2,1-2H3. The van der Waals surface area contributed by atoms with E-state index in [9.17, 15) is 17.1 Å². The van der Waals surface area contributed by atoms with Gasteiger partial charge >= 0.3 is 16.2 Å².